The van der Waals surface area contributed by atoms with Crippen molar-refractivity contribution in [2.24, 2.45) is 0 Å². The molecule has 0 aliphatic carbocycles. The Morgan fingerprint density at radius 1 is 1.41 bits per heavy atom. The molecule has 3 heterocycles. The van der Waals surface area contributed by atoms with Gasteiger partial charge in [0.05, 0.1) is 30.2 Å². The summed E-state index contributed by atoms with van der Waals surface area (Å²) in [5.74, 6) is 0.577. The molecule has 1 saturated heterocycles. The van der Waals surface area contributed by atoms with E-state index in [0.29, 0.717) is 18.8 Å². The van der Waals surface area contributed by atoms with Crippen LogP contribution in [0.3, 0.4) is 0 Å². The van der Waals surface area contributed by atoms with E-state index in [2.05, 4.69) is 20.5 Å². The summed E-state index contributed by atoms with van der Waals surface area (Å²) in [4.78, 5) is 26.8. The van der Waals surface area contributed by atoms with Gasteiger partial charge in [0.25, 0.3) is 0 Å². The van der Waals surface area contributed by atoms with E-state index in [4.69, 9.17) is 9.26 Å². The molecule has 1 aliphatic rings. The van der Waals surface area contributed by atoms with Crippen LogP contribution in [0.2, 0.25) is 0 Å². The van der Waals surface area contributed by atoms with E-state index >= 15 is 0 Å². The molecule has 2 amide bonds. The van der Waals surface area contributed by atoms with Gasteiger partial charge in [0.2, 0.25) is 11.8 Å². The summed E-state index contributed by atoms with van der Waals surface area (Å²) in [7, 11) is 3.42. The maximum atomic E-state index is 11.8. The number of carbonyl (C=O) groups is 2. The first-order valence-corrected chi connectivity index (χ1v) is 9.57. The van der Waals surface area contributed by atoms with Crippen molar-refractivity contribution in [2.75, 3.05) is 39.2 Å². The summed E-state index contributed by atoms with van der Waals surface area (Å²) >= 11 is 0. The first-order chi connectivity index (χ1) is 13.8. The molecule has 158 valence electrons. The lowest BCUT2D eigenvalue weighted by molar-refractivity contribution is -0.134. The van der Waals surface area contributed by atoms with Gasteiger partial charge in [-0.25, -0.2) is 0 Å². The zero-order valence-electron chi connectivity index (χ0n) is 17.3. The first-order valence-electron chi connectivity index (χ1n) is 9.57. The number of aromatic nitrogens is 3. The van der Waals surface area contributed by atoms with Gasteiger partial charge in [0.15, 0.2) is 0 Å². The summed E-state index contributed by atoms with van der Waals surface area (Å²) in [5.41, 5.74) is 1.53. The SMILES string of the molecule is CC(=O)Nc1cnn([C@H]2C[C@@H](COCC(=O)N(C)C)N(Cc3cc(C)on3)C2)c1. The summed E-state index contributed by atoms with van der Waals surface area (Å²) in [5, 5.41) is 11.2. The van der Waals surface area contributed by atoms with Crippen LogP contribution < -0.4 is 5.32 Å². The zero-order chi connectivity index (χ0) is 21.0. The lowest BCUT2D eigenvalue weighted by Gasteiger charge is -2.23. The second kappa shape index (κ2) is 9.19. The highest BCUT2D eigenvalue weighted by atomic mass is 16.5. The molecule has 0 spiro atoms. The van der Waals surface area contributed by atoms with Gasteiger partial charge in [-0.15, -0.1) is 0 Å². The number of likely N-dealkylation sites (N-methyl/N-ethyl adjacent to an activating group) is 1. The third-order valence-corrected chi connectivity index (χ3v) is 4.88. The van der Waals surface area contributed by atoms with E-state index in [9.17, 15) is 9.59 Å². The van der Waals surface area contributed by atoms with Crippen LogP contribution in [0.1, 0.15) is 30.8 Å². The lowest BCUT2D eigenvalue weighted by Crippen LogP contribution is -2.34. The highest BCUT2D eigenvalue weighted by molar-refractivity contribution is 5.88. The molecule has 1 N–H and O–H groups in total. The Kier molecular flexibility index (Phi) is 6.65. The minimum atomic E-state index is -0.129. The predicted molar refractivity (Wildman–Crippen MR) is 105 cm³/mol. The van der Waals surface area contributed by atoms with Crippen LogP contribution in [0.4, 0.5) is 5.69 Å². The Morgan fingerprint density at radius 3 is 2.86 bits per heavy atom. The largest absolute Gasteiger partial charge is 0.370 e. The lowest BCUT2D eigenvalue weighted by atomic mass is 10.2. The quantitative estimate of drug-likeness (QED) is 0.701. The van der Waals surface area contributed by atoms with Crippen molar-refractivity contribution in [1.29, 1.82) is 0 Å². The number of anilines is 1. The number of aryl methyl sites for hydroxylation is 1. The fourth-order valence-corrected chi connectivity index (χ4v) is 3.43. The Morgan fingerprint density at radius 2 is 2.21 bits per heavy atom. The van der Waals surface area contributed by atoms with Gasteiger partial charge in [0.1, 0.15) is 12.4 Å². The third-order valence-electron chi connectivity index (χ3n) is 4.88. The molecule has 2 aromatic heterocycles. The molecule has 2 atom stereocenters. The first kappa shape index (κ1) is 21.0. The number of amides is 2. The Hall–Kier alpha value is -2.72. The fraction of sp³-hybridized carbons (Fsp3) is 0.579. The van der Waals surface area contributed by atoms with Crippen molar-refractivity contribution in [3.63, 3.8) is 0 Å². The molecule has 3 rings (SSSR count). The number of ether oxygens (including phenoxy) is 1. The molecule has 0 radical (unpaired) electrons. The Labute approximate surface area is 169 Å². The number of nitrogens with one attached hydrogen (secondary N) is 1. The summed E-state index contributed by atoms with van der Waals surface area (Å²) in [6, 6.07) is 2.16. The predicted octanol–water partition coefficient (Wildman–Crippen LogP) is 1.06. The van der Waals surface area contributed by atoms with Crippen LogP contribution in [0, 0.1) is 6.92 Å². The monoisotopic (exact) mass is 404 g/mol. The summed E-state index contributed by atoms with van der Waals surface area (Å²) < 4.78 is 12.7. The molecule has 10 nitrogen and oxygen atoms in total. The van der Waals surface area contributed by atoms with Crippen molar-refractivity contribution in [3.05, 3.63) is 29.9 Å². The van der Waals surface area contributed by atoms with E-state index < -0.39 is 0 Å². The van der Waals surface area contributed by atoms with Gasteiger partial charge in [-0.2, -0.15) is 5.10 Å². The molecule has 0 aromatic carbocycles. The number of carbonyl (C=O) groups excluding carboxylic acids is 2. The van der Waals surface area contributed by atoms with E-state index in [0.717, 1.165) is 24.4 Å². The maximum Gasteiger partial charge on any atom is 0.248 e. The molecular formula is C19H28N6O4. The Bertz CT molecular complexity index is 845. The number of likely N-dealkylation sites (tertiary alicyclic amines) is 1. The van der Waals surface area contributed by atoms with Gasteiger partial charge >= 0.3 is 0 Å². The summed E-state index contributed by atoms with van der Waals surface area (Å²) in [6.45, 7) is 5.21. The molecule has 1 fully saturated rings. The van der Waals surface area contributed by atoms with Gasteiger partial charge in [0, 0.05) is 52.4 Å². The van der Waals surface area contributed by atoms with Crippen molar-refractivity contribution >= 4 is 17.5 Å². The minimum absolute atomic E-state index is 0.0551. The van der Waals surface area contributed by atoms with Gasteiger partial charge < -0.3 is 19.5 Å². The standard InChI is InChI=1S/C19H28N6O4/c1-13-5-15(22-29-13)8-24-10-17(25-9-16(7-20-25)21-14(2)26)6-18(24)11-28-12-19(27)23(3)4/h5,7,9,17-18H,6,8,10-12H2,1-4H3,(H,21,26)/t17-,18-/m0/s1. The van der Waals surface area contributed by atoms with Crippen LogP contribution in [-0.2, 0) is 20.9 Å². The smallest absolute Gasteiger partial charge is 0.248 e. The molecule has 0 bridgehead atoms. The molecule has 0 unspecified atom stereocenters. The topological polar surface area (TPSA) is 106 Å². The highest BCUT2D eigenvalue weighted by Crippen LogP contribution is 2.29. The number of hydrogen-bond acceptors (Lipinski definition) is 7. The minimum Gasteiger partial charge on any atom is -0.370 e. The van der Waals surface area contributed by atoms with Crippen molar-refractivity contribution in [2.45, 2.75) is 38.9 Å². The van der Waals surface area contributed by atoms with E-state index in [1.807, 2.05) is 23.9 Å². The molecule has 0 saturated carbocycles. The molecule has 1 aliphatic heterocycles. The van der Waals surface area contributed by atoms with Crippen LogP contribution in [0.25, 0.3) is 0 Å². The normalized spacial score (nSPS) is 19.4. The second-order valence-corrected chi connectivity index (χ2v) is 7.60. The number of hydrogen-bond donors (Lipinski definition) is 1. The van der Waals surface area contributed by atoms with Gasteiger partial charge in [-0.1, -0.05) is 5.16 Å². The van der Waals surface area contributed by atoms with Crippen LogP contribution in [-0.4, -0.2) is 76.4 Å². The van der Waals surface area contributed by atoms with Crippen LogP contribution in [0.5, 0.6) is 0 Å². The van der Waals surface area contributed by atoms with E-state index in [1.165, 1.54) is 11.8 Å². The van der Waals surface area contributed by atoms with Crippen molar-refractivity contribution in [3.8, 4) is 0 Å². The average molecular weight is 404 g/mol. The molecule has 10 heteroatoms. The van der Waals surface area contributed by atoms with E-state index in [-0.39, 0.29) is 30.5 Å². The molecule has 2 aromatic rings. The molecule has 29 heavy (non-hydrogen) atoms. The maximum absolute atomic E-state index is 11.8. The zero-order valence-corrected chi connectivity index (χ0v) is 17.3. The number of nitrogens with zero attached hydrogens (tertiary/aromatic N) is 5. The van der Waals surface area contributed by atoms with E-state index in [1.54, 1.807) is 20.3 Å². The second-order valence-electron chi connectivity index (χ2n) is 7.60. The third kappa shape index (κ3) is 5.64. The van der Waals surface area contributed by atoms with Crippen LogP contribution in [0.15, 0.2) is 23.0 Å². The fourth-order valence-electron chi connectivity index (χ4n) is 3.43. The number of rotatable bonds is 8. The van der Waals surface area contributed by atoms with Crippen molar-refractivity contribution < 1.29 is 18.8 Å². The average Bonchev–Trinajstić information content (AvgIpc) is 3.36. The van der Waals surface area contributed by atoms with Crippen molar-refractivity contribution in [1.82, 2.24) is 24.7 Å². The van der Waals surface area contributed by atoms with Crippen LogP contribution >= 0.6 is 0 Å². The van der Waals surface area contributed by atoms with Gasteiger partial charge in [-0.05, 0) is 13.3 Å². The Balaban J connectivity index is 1.66. The summed E-state index contributed by atoms with van der Waals surface area (Å²) in [6.07, 6.45) is 4.30. The molecular weight excluding hydrogens is 376 g/mol. The highest BCUT2D eigenvalue weighted by Gasteiger charge is 2.34. The van der Waals surface area contributed by atoms with Gasteiger partial charge in [-0.3, -0.25) is 19.2 Å².